The van der Waals surface area contributed by atoms with E-state index in [9.17, 15) is 4.79 Å². The molecule has 1 aliphatic heterocycles. The van der Waals surface area contributed by atoms with Gasteiger partial charge < -0.3 is 4.90 Å². The predicted molar refractivity (Wildman–Crippen MR) is 69.5 cm³/mol. The number of hydrogen-bond acceptors (Lipinski definition) is 2. The first kappa shape index (κ1) is 11.8. The van der Waals surface area contributed by atoms with E-state index in [1.165, 1.54) is 24.1 Å². The van der Waals surface area contributed by atoms with Gasteiger partial charge in [0.2, 0.25) is 0 Å². The maximum Gasteiger partial charge on any atom is 0.274 e. The molecule has 0 bridgehead atoms. The molecule has 98 valence electrons. The van der Waals surface area contributed by atoms with Gasteiger partial charge >= 0.3 is 0 Å². The Morgan fingerprint density at radius 3 is 2.89 bits per heavy atom. The number of fused-ring (bicyclic) bond motifs is 1. The van der Waals surface area contributed by atoms with Gasteiger partial charge in [0.15, 0.2) is 5.69 Å². The fourth-order valence-electron chi connectivity index (χ4n) is 3.09. The van der Waals surface area contributed by atoms with Crippen LogP contribution in [-0.4, -0.2) is 34.1 Å². The molecular formula is C14H21N3O. The van der Waals surface area contributed by atoms with Crippen LogP contribution in [0.25, 0.3) is 0 Å². The highest BCUT2D eigenvalue weighted by Crippen LogP contribution is 2.27. The molecule has 2 aliphatic rings. The van der Waals surface area contributed by atoms with Gasteiger partial charge in [0, 0.05) is 24.3 Å². The van der Waals surface area contributed by atoms with E-state index in [2.05, 4.69) is 17.1 Å². The summed E-state index contributed by atoms with van der Waals surface area (Å²) >= 11 is 0. The van der Waals surface area contributed by atoms with Crippen LogP contribution in [0.15, 0.2) is 0 Å². The number of piperidine rings is 1. The Hall–Kier alpha value is -1.32. The fourth-order valence-corrected chi connectivity index (χ4v) is 3.09. The Bertz CT molecular complexity index is 446. The molecule has 1 amide bonds. The minimum atomic E-state index is 0.140. The van der Waals surface area contributed by atoms with Crippen molar-refractivity contribution in [2.75, 3.05) is 13.1 Å². The number of nitrogens with zero attached hydrogens (tertiary/aromatic N) is 2. The van der Waals surface area contributed by atoms with E-state index >= 15 is 0 Å². The Balaban J connectivity index is 1.83. The number of aromatic amines is 1. The van der Waals surface area contributed by atoms with E-state index in [1.807, 2.05) is 4.90 Å². The van der Waals surface area contributed by atoms with Crippen LogP contribution in [0.4, 0.5) is 0 Å². The van der Waals surface area contributed by atoms with Gasteiger partial charge in [-0.3, -0.25) is 9.89 Å². The molecule has 1 saturated heterocycles. The van der Waals surface area contributed by atoms with Crippen LogP contribution in [0.1, 0.15) is 54.4 Å². The minimum absolute atomic E-state index is 0.140. The highest BCUT2D eigenvalue weighted by molar-refractivity contribution is 5.94. The molecule has 0 spiro atoms. The second kappa shape index (κ2) is 4.75. The molecule has 2 heterocycles. The third kappa shape index (κ3) is 2.04. The molecule has 1 aromatic heterocycles. The van der Waals surface area contributed by atoms with E-state index < -0.39 is 0 Å². The molecule has 4 heteroatoms. The van der Waals surface area contributed by atoms with Gasteiger partial charge in [-0.2, -0.15) is 5.10 Å². The first-order valence-electron chi connectivity index (χ1n) is 7.11. The van der Waals surface area contributed by atoms with Gasteiger partial charge in [0.05, 0.1) is 0 Å². The van der Waals surface area contributed by atoms with Crippen molar-refractivity contribution in [1.29, 1.82) is 0 Å². The minimum Gasteiger partial charge on any atom is -0.337 e. The number of amides is 1. The SMILES string of the molecule is CC1CCc2[nH]nc(C(=O)N3CCCCC3)c2C1. The van der Waals surface area contributed by atoms with Crippen molar-refractivity contribution in [2.24, 2.45) is 5.92 Å². The number of hydrogen-bond donors (Lipinski definition) is 1. The number of aryl methyl sites for hydroxylation is 1. The summed E-state index contributed by atoms with van der Waals surface area (Å²) in [5, 5.41) is 7.36. The molecule has 4 nitrogen and oxygen atoms in total. The van der Waals surface area contributed by atoms with Crippen molar-refractivity contribution < 1.29 is 4.79 Å². The van der Waals surface area contributed by atoms with Crippen molar-refractivity contribution in [3.8, 4) is 0 Å². The van der Waals surface area contributed by atoms with Crippen LogP contribution in [-0.2, 0) is 12.8 Å². The number of rotatable bonds is 1. The lowest BCUT2D eigenvalue weighted by Crippen LogP contribution is -2.36. The van der Waals surface area contributed by atoms with E-state index in [-0.39, 0.29) is 5.91 Å². The number of carbonyl (C=O) groups is 1. The summed E-state index contributed by atoms with van der Waals surface area (Å²) in [6, 6.07) is 0. The van der Waals surface area contributed by atoms with Crippen LogP contribution >= 0.6 is 0 Å². The topological polar surface area (TPSA) is 49.0 Å². The summed E-state index contributed by atoms with van der Waals surface area (Å²) in [5.41, 5.74) is 3.07. The number of likely N-dealkylation sites (tertiary alicyclic amines) is 1. The standard InChI is InChI=1S/C14H21N3O/c1-10-5-6-12-11(9-10)13(16-15-12)14(18)17-7-3-2-4-8-17/h10H,2-9H2,1H3,(H,15,16). The Morgan fingerprint density at radius 1 is 1.33 bits per heavy atom. The summed E-state index contributed by atoms with van der Waals surface area (Å²) in [6.45, 7) is 4.05. The molecule has 1 aromatic rings. The highest BCUT2D eigenvalue weighted by Gasteiger charge is 2.28. The van der Waals surface area contributed by atoms with Crippen LogP contribution in [0.2, 0.25) is 0 Å². The zero-order chi connectivity index (χ0) is 12.5. The second-order valence-corrected chi connectivity index (χ2v) is 5.73. The van der Waals surface area contributed by atoms with Gasteiger partial charge in [-0.25, -0.2) is 0 Å². The first-order valence-corrected chi connectivity index (χ1v) is 7.11. The van der Waals surface area contributed by atoms with Gasteiger partial charge in [0.25, 0.3) is 5.91 Å². The summed E-state index contributed by atoms with van der Waals surface area (Å²) in [6.07, 6.45) is 6.76. The Morgan fingerprint density at radius 2 is 2.11 bits per heavy atom. The molecule has 0 aromatic carbocycles. The number of aromatic nitrogens is 2. The summed E-state index contributed by atoms with van der Waals surface area (Å²) in [7, 11) is 0. The van der Waals surface area contributed by atoms with Crippen molar-refractivity contribution in [3.63, 3.8) is 0 Å². The van der Waals surface area contributed by atoms with Crippen molar-refractivity contribution >= 4 is 5.91 Å². The summed E-state index contributed by atoms with van der Waals surface area (Å²) < 4.78 is 0. The molecule has 0 saturated carbocycles. The van der Waals surface area contributed by atoms with Gasteiger partial charge in [-0.15, -0.1) is 0 Å². The molecular weight excluding hydrogens is 226 g/mol. The average molecular weight is 247 g/mol. The van der Waals surface area contributed by atoms with Crippen LogP contribution in [0, 0.1) is 5.92 Å². The predicted octanol–water partition coefficient (Wildman–Crippen LogP) is 2.16. The lowest BCUT2D eigenvalue weighted by Gasteiger charge is -2.27. The fraction of sp³-hybridized carbons (Fsp3) is 0.714. The van der Waals surface area contributed by atoms with Gasteiger partial charge in [0.1, 0.15) is 0 Å². The van der Waals surface area contributed by atoms with E-state index in [0.29, 0.717) is 11.6 Å². The Labute approximate surface area is 108 Å². The molecule has 1 unspecified atom stereocenters. The lowest BCUT2D eigenvalue weighted by molar-refractivity contribution is 0.0717. The molecule has 1 fully saturated rings. The third-order valence-electron chi connectivity index (χ3n) is 4.24. The largest absolute Gasteiger partial charge is 0.337 e. The molecule has 0 radical (unpaired) electrons. The van der Waals surface area contributed by atoms with E-state index in [4.69, 9.17) is 0 Å². The second-order valence-electron chi connectivity index (χ2n) is 5.73. The summed E-state index contributed by atoms with van der Waals surface area (Å²) in [4.78, 5) is 14.5. The third-order valence-corrected chi connectivity index (χ3v) is 4.24. The number of H-pyrrole nitrogens is 1. The van der Waals surface area contributed by atoms with E-state index in [0.717, 1.165) is 38.8 Å². The van der Waals surface area contributed by atoms with Crippen LogP contribution < -0.4 is 0 Å². The van der Waals surface area contributed by atoms with Gasteiger partial charge in [-0.05, 0) is 44.4 Å². The van der Waals surface area contributed by atoms with Crippen molar-refractivity contribution in [2.45, 2.75) is 45.4 Å². The lowest BCUT2D eigenvalue weighted by atomic mass is 9.87. The monoisotopic (exact) mass is 247 g/mol. The summed E-state index contributed by atoms with van der Waals surface area (Å²) in [5.74, 6) is 0.810. The maximum absolute atomic E-state index is 12.5. The van der Waals surface area contributed by atoms with Gasteiger partial charge in [-0.1, -0.05) is 6.92 Å². The quantitative estimate of drug-likeness (QED) is 0.826. The average Bonchev–Trinajstić information content (AvgIpc) is 2.82. The van der Waals surface area contributed by atoms with Crippen molar-refractivity contribution in [3.05, 3.63) is 17.0 Å². The first-order chi connectivity index (χ1) is 8.75. The highest BCUT2D eigenvalue weighted by atomic mass is 16.2. The van der Waals surface area contributed by atoms with E-state index in [1.54, 1.807) is 0 Å². The number of carbonyl (C=O) groups excluding carboxylic acids is 1. The normalized spacial score (nSPS) is 23.8. The molecule has 1 aliphatic carbocycles. The smallest absolute Gasteiger partial charge is 0.274 e. The van der Waals surface area contributed by atoms with Crippen LogP contribution in [0.5, 0.6) is 0 Å². The molecule has 18 heavy (non-hydrogen) atoms. The van der Waals surface area contributed by atoms with Crippen LogP contribution in [0.3, 0.4) is 0 Å². The zero-order valence-corrected chi connectivity index (χ0v) is 11.0. The molecule has 1 N–H and O–H groups in total. The molecule has 1 atom stereocenters. The number of nitrogens with one attached hydrogen (secondary N) is 1. The van der Waals surface area contributed by atoms with Crippen molar-refractivity contribution in [1.82, 2.24) is 15.1 Å². The maximum atomic E-state index is 12.5. The molecule has 3 rings (SSSR count). The zero-order valence-electron chi connectivity index (χ0n) is 11.0. The Kier molecular flexibility index (Phi) is 3.10.